The first-order valence-electron chi connectivity index (χ1n) is 11.7. The lowest BCUT2D eigenvalue weighted by Crippen LogP contribution is -2.14. The van der Waals surface area contributed by atoms with Crippen LogP contribution < -0.4 is 14.8 Å². The maximum absolute atomic E-state index is 12.8. The maximum atomic E-state index is 12.8. The van der Waals surface area contributed by atoms with Gasteiger partial charge >= 0.3 is 0 Å². The molecule has 0 saturated carbocycles. The number of nitriles is 1. The van der Waals surface area contributed by atoms with E-state index in [1.54, 1.807) is 13.2 Å². The molecule has 0 bridgehead atoms. The summed E-state index contributed by atoms with van der Waals surface area (Å²) >= 11 is 0. The second-order valence-electron chi connectivity index (χ2n) is 9.27. The number of rotatable bonds is 8. The van der Waals surface area contributed by atoms with Gasteiger partial charge < -0.3 is 14.8 Å². The van der Waals surface area contributed by atoms with Gasteiger partial charge in [0, 0.05) is 11.3 Å². The number of anilines is 1. The zero-order valence-corrected chi connectivity index (χ0v) is 21.0. The lowest BCUT2D eigenvalue weighted by Gasteiger charge is -2.19. The topological polar surface area (TPSA) is 71.4 Å². The molecule has 5 nitrogen and oxygen atoms in total. The first kappa shape index (κ1) is 25.6. The summed E-state index contributed by atoms with van der Waals surface area (Å²) in [5, 5.41) is 12.5. The largest absolute Gasteiger partial charge is 0.496 e. The smallest absolute Gasteiger partial charge is 0.266 e. The first-order chi connectivity index (χ1) is 16.7. The summed E-state index contributed by atoms with van der Waals surface area (Å²) in [7, 11) is 1.60. The molecular weight excluding hydrogens is 436 g/mol. The van der Waals surface area contributed by atoms with Crippen LogP contribution in [0.5, 0.6) is 11.5 Å². The highest BCUT2D eigenvalue weighted by Crippen LogP contribution is 2.27. The van der Waals surface area contributed by atoms with Crippen molar-refractivity contribution < 1.29 is 14.3 Å². The van der Waals surface area contributed by atoms with Gasteiger partial charge in [-0.05, 0) is 64.9 Å². The second kappa shape index (κ2) is 11.4. The Balaban J connectivity index is 1.78. The van der Waals surface area contributed by atoms with Crippen LogP contribution in [0.15, 0.2) is 72.3 Å². The van der Waals surface area contributed by atoms with Gasteiger partial charge in [0.25, 0.3) is 5.91 Å². The van der Waals surface area contributed by atoms with Gasteiger partial charge in [0.05, 0.1) is 7.11 Å². The van der Waals surface area contributed by atoms with Crippen molar-refractivity contribution in [1.29, 1.82) is 5.26 Å². The van der Waals surface area contributed by atoms with Gasteiger partial charge in [0.2, 0.25) is 0 Å². The number of amides is 1. The van der Waals surface area contributed by atoms with Gasteiger partial charge in [-0.2, -0.15) is 5.26 Å². The Hall–Kier alpha value is -4.04. The van der Waals surface area contributed by atoms with Crippen LogP contribution in [0.3, 0.4) is 0 Å². The lowest BCUT2D eigenvalue weighted by molar-refractivity contribution is -0.112. The SMILES string of the molecule is CCc1ccccc1NC(=O)/C(C#N)=C/c1ccc(OC)c(COc2ccc(C(C)(C)C)cc2)c1. The van der Waals surface area contributed by atoms with Crippen LogP contribution in [-0.2, 0) is 23.2 Å². The van der Waals surface area contributed by atoms with Crippen LogP contribution in [0.25, 0.3) is 6.08 Å². The van der Waals surface area contributed by atoms with Gasteiger partial charge in [0.1, 0.15) is 29.7 Å². The van der Waals surface area contributed by atoms with Gasteiger partial charge in [-0.25, -0.2) is 0 Å². The van der Waals surface area contributed by atoms with Crippen LogP contribution in [0.4, 0.5) is 5.69 Å². The van der Waals surface area contributed by atoms with Gasteiger partial charge in [0.15, 0.2) is 0 Å². The maximum Gasteiger partial charge on any atom is 0.266 e. The highest BCUT2D eigenvalue weighted by atomic mass is 16.5. The number of benzene rings is 3. The standard InChI is InChI=1S/C30H32N2O3/c1-6-22-9-7-8-10-27(22)32-29(33)23(19-31)17-21-11-16-28(34-5)24(18-21)20-35-26-14-12-25(13-15-26)30(2,3)4/h7-18H,6,20H2,1-5H3,(H,32,33)/b23-17+. The third-order valence-electron chi connectivity index (χ3n) is 5.74. The zero-order valence-electron chi connectivity index (χ0n) is 21.0. The molecule has 1 N–H and O–H groups in total. The van der Waals surface area contributed by atoms with Gasteiger partial charge in [-0.15, -0.1) is 0 Å². The Kier molecular flexibility index (Phi) is 8.33. The number of nitrogens with zero attached hydrogens (tertiary/aromatic N) is 1. The second-order valence-corrected chi connectivity index (χ2v) is 9.27. The highest BCUT2D eigenvalue weighted by Gasteiger charge is 2.14. The van der Waals surface area contributed by atoms with E-state index in [1.165, 1.54) is 5.56 Å². The quantitative estimate of drug-likeness (QED) is 0.296. The van der Waals surface area contributed by atoms with Crippen molar-refractivity contribution >= 4 is 17.7 Å². The van der Waals surface area contributed by atoms with E-state index in [0.717, 1.165) is 23.3 Å². The van der Waals surface area contributed by atoms with Crippen molar-refractivity contribution in [3.63, 3.8) is 0 Å². The van der Waals surface area contributed by atoms with Crippen molar-refractivity contribution in [2.75, 3.05) is 12.4 Å². The summed E-state index contributed by atoms with van der Waals surface area (Å²) in [6.07, 6.45) is 2.35. The van der Waals surface area contributed by atoms with Crippen molar-refractivity contribution in [3.05, 3.63) is 94.6 Å². The van der Waals surface area contributed by atoms with E-state index in [0.29, 0.717) is 17.0 Å². The molecule has 0 aliphatic carbocycles. The monoisotopic (exact) mass is 468 g/mol. The first-order valence-corrected chi connectivity index (χ1v) is 11.7. The number of carbonyl (C=O) groups is 1. The third-order valence-corrected chi connectivity index (χ3v) is 5.74. The number of para-hydroxylation sites is 1. The summed E-state index contributed by atoms with van der Waals surface area (Å²) in [6.45, 7) is 8.82. The summed E-state index contributed by atoms with van der Waals surface area (Å²) in [6, 6.07) is 23.1. The fourth-order valence-electron chi connectivity index (χ4n) is 3.67. The van der Waals surface area contributed by atoms with Gasteiger partial charge in [-0.3, -0.25) is 4.79 Å². The number of nitrogens with one attached hydrogen (secondary N) is 1. The fourth-order valence-corrected chi connectivity index (χ4v) is 3.67. The third kappa shape index (κ3) is 6.74. The Morgan fingerprint density at radius 2 is 1.74 bits per heavy atom. The van der Waals surface area contributed by atoms with E-state index in [-0.39, 0.29) is 17.6 Å². The molecule has 0 unspecified atom stereocenters. The van der Waals surface area contributed by atoms with Gasteiger partial charge in [-0.1, -0.05) is 64.1 Å². The Bertz CT molecular complexity index is 1250. The average Bonchev–Trinajstić information content (AvgIpc) is 2.86. The van der Waals surface area contributed by atoms with Crippen molar-refractivity contribution in [3.8, 4) is 17.6 Å². The summed E-state index contributed by atoms with van der Waals surface area (Å²) in [4.78, 5) is 12.8. The Labute approximate surface area is 208 Å². The predicted molar refractivity (Wildman–Crippen MR) is 141 cm³/mol. The molecule has 5 heteroatoms. The van der Waals surface area contributed by atoms with E-state index in [9.17, 15) is 10.1 Å². The van der Waals surface area contributed by atoms with E-state index in [4.69, 9.17) is 9.47 Å². The van der Waals surface area contributed by atoms with Crippen molar-refractivity contribution in [1.82, 2.24) is 0 Å². The molecule has 0 atom stereocenters. The Morgan fingerprint density at radius 1 is 1.03 bits per heavy atom. The molecule has 0 radical (unpaired) electrons. The number of hydrogen-bond donors (Lipinski definition) is 1. The van der Waals surface area contributed by atoms with Crippen molar-refractivity contribution in [2.24, 2.45) is 0 Å². The van der Waals surface area contributed by atoms with E-state index < -0.39 is 5.91 Å². The molecule has 0 aliphatic rings. The summed E-state index contributed by atoms with van der Waals surface area (Å²) < 4.78 is 11.5. The van der Waals surface area contributed by atoms with Crippen LogP contribution in [-0.4, -0.2) is 13.0 Å². The number of ether oxygens (including phenoxy) is 2. The minimum absolute atomic E-state index is 0.0192. The minimum atomic E-state index is -0.444. The zero-order chi connectivity index (χ0) is 25.4. The molecule has 0 aromatic heterocycles. The molecule has 3 rings (SSSR count). The van der Waals surface area contributed by atoms with E-state index in [2.05, 4.69) is 38.2 Å². The van der Waals surface area contributed by atoms with E-state index >= 15 is 0 Å². The summed E-state index contributed by atoms with van der Waals surface area (Å²) in [5.41, 5.74) is 4.58. The summed E-state index contributed by atoms with van der Waals surface area (Å²) in [5.74, 6) is 0.988. The molecule has 35 heavy (non-hydrogen) atoms. The molecule has 3 aromatic carbocycles. The van der Waals surface area contributed by atoms with Crippen molar-refractivity contribution in [2.45, 2.75) is 46.1 Å². The number of carbonyl (C=O) groups excluding carboxylic acids is 1. The molecule has 0 saturated heterocycles. The molecule has 0 spiro atoms. The number of methoxy groups -OCH3 is 1. The molecular formula is C30H32N2O3. The fraction of sp³-hybridized carbons (Fsp3) is 0.267. The van der Waals surface area contributed by atoms with Crippen LogP contribution in [0.1, 0.15) is 49.9 Å². The van der Waals surface area contributed by atoms with Crippen LogP contribution in [0.2, 0.25) is 0 Å². The minimum Gasteiger partial charge on any atom is -0.496 e. The lowest BCUT2D eigenvalue weighted by atomic mass is 9.87. The normalized spacial score (nSPS) is 11.5. The number of aryl methyl sites for hydroxylation is 1. The van der Waals surface area contributed by atoms with E-state index in [1.807, 2.05) is 67.6 Å². The molecule has 3 aromatic rings. The molecule has 180 valence electrons. The van der Waals surface area contributed by atoms with Crippen LogP contribution in [0, 0.1) is 11.3 Å². The molecule has 0 fully saturated rings. The highest BCUT2D eigenvalue weighted by molar-refractivity contribution is 6.10. The molecule has 0 aliphatic heterocycles. The molecule has 1 amide bonds. The molecule has 0 heterocycles. The van der Waals surface area contributed by atoms with Crippen LogP contribution >= 0.6 is 0 Å². The Morgan fingerprint density at radius 3 is 2.37 bits per heavy atom. The average molecular weight is 469 g/mol. The predicted octanol–water partition coefficient (Wildman–Crippen LogP) is 6.68. The number of hydrogen-bond acceptors (Lipinski definition) is 4.